The lowest BCUT2D eigenvalue weighted by molar-refractivity contribution is 0.0764. The van der Waals surface area contributed by atoms with E-state index in [2.05, 4.69) is 0 Å². The van der Waals surface area contributed by atoms with Crippen LogP contribution in [0.2, 0.25) is 0 Å². The Morgan fingerprint density at radius 1 is 1.22 bits per heavy atom. The number of nitrogens with zero attached hydrogens (tertiary/aromatic N) is 1. The number of phenolic OH excluding ortho intramolecular Hbond substituents is 1. The van der Waals surface area contributed by atoms with E-state index < -0.39 is 0 Å². The average Bonchev–Trinajstić information content (AvgIpc) is 2.37. The fourth-order valence-corrected chi connectivity index (χ4v) is 1.86. The number of phenols is 1. The molecule has 0 fully saturated rings. The summed E-state index contributed by atoms with van der Waals surface area (Å²) in [5, 5.41) is 20.5. The highest BCUT2D eigenvalue weighted by Crippen LogP contribution is 2.25. The molecular formula is C14H15NO3. The van der Waals surface area contributed by atoms with E-state index in [1.165, 1.54) is 4.90 Å². The number of hydrogen-bond acceptors (Lipinski definition) is 3. The number of carbonyl (C=O) groups is 1. The highest BCUT2D eigenvalue weighted by atomic mass is 16.3. The first-order valence-corrected chi connectivity index (χ1v) is 5.71. The summed E-state index contributed by atoms with van der Waals surface area (Å²) in [6.07, 6.45) is 0. The molecule has 18 heavy (non-hydrogen) atoms. The molecular weight excluding hydrogens is 230 g/mol. The minimum absolute atomic E-state index is 0.0384. The Hall–Kier alpha value is -2.07. The summed E-state index contributed by atoms with van der Waals surface area (Å²) >= 11 is 0. The maximum absolute atomic E-state index is 12.1. The molecule has 0 bridgehead atoms. The summed E-state index contributed by atoms with van der Waals surface area (Å²) in [7, 11) is 1.59. The second-order valence-corrected chi connectivity index (χ2v) is 4.17. The predicted molar refractivity (Wildman–Crippen MR) is 69.7 cm³/mol. The van der Waals surface area contributed by atoms with E-state index in [1.54, 1.807) is 19.2 Å². The fraction of sp³-hybridized carbons (Fsp3) is 0.214. The summed E-state index contributed by atoms with van der Waals surface area (Å²) in [6, 6.07) is 10.8. The van der Waals surface area contributed by atoms with E-state index >= 15 is 0 Å². The number of rotatable bonds is 3. The number of aromatic hydroxyl groups is 1. The van der Waals surface area contributed by atoms with Gasteiger partial charge in [-0.15, -0.1) is 0 Å². The molecule has 4 nitrogen and oxygen atoms in total. The summed E-state index contributed by atoms with van der Waals surface area (Å²) in [6.45, 7) is 0.141. The standard InChI is InChI=1S/C14H15NO3/c1-15(6-7-16)14(18)12-8-10-4-2-3-5-11(10)9-13(12)17/h2-5,8-9,16-17H,6-7H2,1H3. The minimum atomic E-state index is -0.299. The molecule has 0 aliphatic carbocycles. The molecule has 0 saturated heterocycles. The van der Waals surface area contributed by atoms with Crippen LogP contribution in [0.4, 0.5) is 0 Å². The second kappa shape index (κ2) is 5.06. The van der Waals surface area contributed by atoms with Crippen molar-refractivity contribution in [1.29, 1.82) is 0 Å². The molecule has 0 unspecified atom stereocenters. The highest BCUT2D eigenvalue weighted by Gasteiger charge is 2.16. The van der Waals surface area contributed by atoms with Crippen LogP contribution in [0.5, 0.6) is 5.75 Å². The van der Waals surface area contributed by atoms with Crippen LogP contribution >= 0.6 is 0 Å². The first kappa shape index (κ1) is 12.4. The molecule has 1 amide bonds. The van der Waals surface area contributed by atoms with Crippen LogP contribution in [0.25, 0.3) is 10.8 Å². The van der Waals surface area contributed by atoms with Gasteiger partial charge in [-0.25, -0.2) is 0 Å². The topological polar surface area (TPSA) is 60.8 Å². The van der Waals surface area contributed by atoms with Gasteiger partial charge in [0.15, 0.2) is 0 Å². The molecule has 94 valence electrons. The summed E-state index contributed by atoms with van der Waals surface area (Å²) in [5.41, 5.74) is 0.254. The van der Waals surface area contributed by atoms with Crippen LogP contribution in [-0.4, -0.2) is 41.2 Å². The first-order chi connectivity index (χ1) is 8.63. The highest BCUT2D eigenvalue weighted by molar-refractivity contribution is 6.01. The third-order valence-electron chi connectivity index (χ3n) is 2.88. The summed E-state index contributed by atoms with van der Waals surface area (Å²) < 4.78 is 0. The Kier molecular flexibility index (Phi) is 3.48. The van der Waals surface area contributed by atoms with E-state index in [1.807, 2.05) is 24.3 Å². The SMILES string of the molecule is CN(CCO)C(=O)c1cc2ccccc2cc1O. The molecule has 2 aromatic rings. The fourth-order valence-electron chi connectivity index (χ4n) is 1.86. The molecule has 0 atom stereocenters. The zero-order chi connectivity index (χ0) is 13.1. The molecule has 0 saturated carbocycles. The Morgan fingerprint density at radius 3 is 2.44 bits per heavy atom. The molecule has 0 aliphatic rings. The largest absolute Gasteiger partial charge is 0.507 e. The monoisotopic (exact) mass is 245 g/mol. The van der Waals surface area contributed by atoms with Gasteiger partial charge in [-0.05, 0) is 22.9 Å². The molecule has 0 aliphatic heterocycles. The molecule has 2 aromatic carbocycles. The van der Waals surface area contributed by atoms with Gasteiger partial charge in [0.1, 0.15) is 5.75 Å². The lowest BCUT2D eigenvalue weighted by Gasteiger charge is -2.16. The number of benzene rings is 2. The van der Waals surface area contributed by atoms with Gasteiger partial charge in [0.05, 0.1) is 12.2 Å². The Balaban J connectivity index is 2.44. The normalized spacial score (nSPS) is 10.6. The van der Waals surface area contributed by atoms with Crippen molar-refractivity contribution in [3.8, 4) is 5.75 Å². The molecule has 0 radical (unpaired) electrons. The first-order valence-electron chi connectivity index (χ1n) is 5.71. The predicted octanol–water partition coefficient (Wildman–Crippen LogP) is 1.61. The lowest BCUT2D eigenvalue weighted by Crippen LogP contribution is -2.29. The summed E-state index contributed by atoms with van der Waals surface area (Å²) in [5.74, 6) is -0.337. The summed E-state index contributed by atoms with van der Waals surface area (Å²) in [4.78, 5) is 13.4. The van der Waals surface area contributed by atoms with Crippen molar-refractivity contribution in [2.24, 2.45) is 0 Å². The smallest absolute Gasteiger partial charge is 0.257 e. The molecule has 2 rings (SSSR count). The van der Waals surface area contributed by atoms with Gasteiger partial charge in [0, 0.05) is 13.6 Å². The van der Waals surface area contributed by atoms with Gasteiger partial charge >= 0.3 is 0 Å². The maximum atomic E-state index is 12.1. The minimum Gasteiger partial charge on any atom is -0.507 e. The molecule has 4 heteroatoms. The number of likely N-dealkylation sites (N-methyl/N-ethyl adjacent to an activating group) is 1. The second-order valence-electron chi connectivity index (χ2n) is 4.17. The third kappa shape index (κ3) is 2.28. The zero-order valence-electron chi connectivity index (χ0n) is 10.1. The number of aliphatic hydroxyl groups is 1. The quantitative estimate of drug-likeness (QED) is 0.863. The van der Waals surface area contributed by atoms with Crippen LogP contribution in [0.3, 0.4) is 0 Å². The van der Waals surface area contributed by atoms with Crippen molar-refractivity contribution >= 4 is 16.7 Å². The van der Waals surface area contributed by atoms with Crippen LogP contribution < -0.4 is 0 Å². The number of amides is 1. The zero-order valence-corrected chi connectivity index (χ0v) is 10.1. The van der Waals surface area contributed by atoms with Crippen molar-refractivity contribution < 1.29 is 15.0 Å². The van der Waals surface area contributed by atoms with Crippen molar-refractivity contribution in [1.82, 2.24) is 4.90 Å². The van der Waals surface area contributed by atoms with Crippen molar-refractivity contribution in [3.05, 3.63) is 42.0 Å². The van der Waals surface area contributed by atoms with E-state index in [0.29, 0.717) is 0 Å². The van der Waals surface area contributed by atoms with Crippen molar-refractivity contribution in [2.45, 2.75) is 0 Å². The number of carbonyl (C=O) groups excluding carboxylic acids is 1. The van der Waals surface area contributed by atoms with Crippen molar-refractivity contribution in [2.75, 3.05) is 20.2 Å². The van der Waals surface area contributed by atoms with Gasteiger partial charge in [-0.3, -0.25) is 4.79 Å². The van der Waals surface area contributed by atoms with E-state index in [9.17, 15) is 9.90 Å². The lowest BCUT2D eigenvalue weighted by atomic mass is 10.1. The molecule has 0 heterocycles. The Morgan fingerprint density at radius 2 is 1.83 bits per heavy atom. The number of fused-ring (bicyclic) bond motifs is 1. The van der Waals surface area contributed by atoms with Gasteiger partial charge in [-0.1, -0.05) is 24.3 Å². The van der Waals surface area contributed by atoms with Crippen molar-refractivity contribution in [3.63, 3.8) is 0 Å². The van der Waals surface area contributed by atoms with E-state index in [-0.39, 0.29) is 30.4 Å². The van der Waals surface area contributed by atoms with Crippen LogP contribution in [0.1, 0.15) is 10.4 Å². The van der Waals surface area contributed by atoms with Gasteiger partial charge in [0.25, 0.3) is 5.91 Å². The molecule has 2 N–H and O–H groups in total. The number of hydrogen-bond donors (Lipinski definition) is 2. The Labute approximate surface area is 105 Å². The van der Waals surface area contributed by atoms with Gasteiger partial charge in [0.2, 0.25) is 0 Å². The molecule has 0 spiro atoms. The van der Waals surface area contributed by atoms with Crippen LogP contribution in [0, 0.1) is 0 Å². The Bertz CT molecular complexity index is 580. The maximum Gasteiger partial charge on any atom is 0.257 e. The van der Waals surface area contributed by atoms with Gasteiger partial charge < -0.3 is 15.1 Å². The average molecular weight is 245 g/mol. The van der Waals surface area contributed by atoms with Crippen LogP contribution in [0.15, 0.2) is 36.4 Å². The van der Waals surface area contributed by atoms with E-state index in [0.717, 1.165) is 10.8 Å². The molecule has 0 aromatic heterocycles. The van der Waals surface area contributed by atoms with Crippen LogP contribution in [-0.2, 0) is 0 Å². The third-order valence-corrected chi connectivity index (χ3v) is 2.88. The van der Waals surface area contributed by atoms with E-state index in [4.69, 9.17) is 5.11 Å². The van der Waals surface area contributed by atoms with Gasteiger partial charge in [-0.2, -0.15) is 0 Å². The number of aliphatic hydroxyl groups excluding tert-OH is 1.